The largest absolute Gasteiger partial charge is 0.371 e. The highest BCUT2D eigenvalue weighted by Crippen LogP contribution is 2.36. The molecule has 2 rings (SSSR count). The molecule has 1 aliphatic rings. The first-order chi connectivity index (χ1) is 9.08. The molecule has 2 nitrogen and oxygen atoms in total. The van der Waals surface area contributed by atoms with Gasteiger partial charge in [-0.15, -0.1) is 0 Å². The third-order valence-electron chi connectivity index (χ3n) is 4.57. The molecule has 0 saturated carbocycles. The Morgan fingerprint density at radius 1 is 1.32 bits per heavy atom. The van der Waals surface area contributed by atoms with Crippen molar-refractivity contribution in [2.24, 2.45) is 5.41 Å². The van der Waals surface area contributed by atoms with E-state index in [4.69, 9.17) is 11.6 Å². The van der Waals surface area contributed by atoms with Crippen molar-refractivity contribution in [1.29, 1.82) is 0 Å². The van der Waals surface area contributed by atoms with Crippen LogP contribution in [0.1, 0.15) is 38.7 Å². The van der Waals surface area contributed by atoms with E-state index in [1.807, 2.05) is 13.1 Å². The van der Waals surface area contributed by atoms with Gasteiger partial charge in [-0.05, 0) is 49.1 Å². The van der Waals surface area contributed by atoms with Gasteiger partial charge in [0.1, 0.15) is 0 Å². The van der Waals surface area contributed by atoms with Crippen LogP contribution in [0.15, 0.2) is 18.2 Å². The number of nitrogens with zero attached hydrogens (tertiary/aromatic N) is 1. The van der Waals surface area contributed by atoms with Crippen molar-refractivity contribution in [2.45, 2.75) is 39.7 Å². The number of hydrogen-bond donors (Lipinski definition) is 1. The van der Waals surface area contributed by atoms with Crippen molar-refractivity contribution in [3.8, 4) is 0 Å². The van der Waals surface area contributed by atoms with Gasteiger partial charge in [0, 0.05) is 30.3 Å². The van der Waals surface area contributed by atoms with Gasteiger partial charge in [0.25, 0.3) is 0 Å². The molecular formula is C16H25ClN2. The van der Waals surface area contributed by atoms with E-state index in [9.17, 15) is 0 Å². The summed E-state index contributed by atoms with van der Waals surface area (Å²) in [4.78, 5) is 2.51. The lowest BCUT2D eigenvalue weighted by atomic mass is 9.78. The lowest BCUT2D eigenvalue weighted by Gasteiger charge is -2.40. The second-order valence-electron chi connectivity index (χ2n) is 5.95. The normalized spacial score (nSPS) is 18.6. The molecule has 0 radical (unpaired) electrons. The molecule has 1 heterocycles. The van der Waals surface area contributed by atoms with E-state index in [1.165, 1.54) is 30.5 Å². The zero-order valence-electron chi connectivity index (χ0n) is 12.3. The van der Waals surface area contributed by atoms with Crippen LogP contribution in [-0.2, 0) is 6.54 Å². The van der Waals surface area contributed by atoms with Crippen LogP contribution in [0.3, 0.4) is 0 Å². The summed E-state index contributed by atoms with van der Waals surface area (Å²) in [5, 5.41) is 4.06. The van der Waals surface area contributed by atoms with Crippen LogP contribution in [0, 0.1) is 5.41 Å². The van der Waals surface area contributed by atoms with Gasteiger partial charge in [0.15, 0.2) is 0 Å². The van der Waals surface area contributed by atoms with Gasteiger partial charge in [-0.3, -0.25) is 0 Å². The maximum Gasteiger partial charge on any atom is 0.0412 e. The molecule has 0 aliphatic carbocycles. The van der Waals surface area contributed by atoms with E-state index in [-0.39, 0.29) is 0 Å². The standard InChI is InChI=1S/C16H25ClN2/c1-4-16(2)7-9-19(10-8-16)15-6-5-14(17)11-13(15)12-18-3/h5-6,11,18H,4,7-10,12H2,1-3H3. The average Bonchev–Trinajstić information content (AvgIpc) is 2.41. The molecule has 19 heavy (non-hydrogen) atoms. The first-order valence-corrected chi connectivity index (χ1v) is 7.64. The molecule has 1 aromatic rings. The van der Waals surface area contributed by atoms with Crippen LogP contribution >= 0.6 is 11.6 Å². The molecule has 3 heteroatoms. The van der Waals surface area contributed by atoms with Gasteiger partial charge in [-0.25, -0.2) is 0 Å². The number of hydrogen-bond acceptors (Lipinski definition) is 2. The van der Waals surface area contributed by atoms with Gasteiger partial charge in [-0.2, -0.15) is 0 Å². The fraction of sp³-hybridized carbons (Fsp3) is 0.625. The van der Waals surface area contributed by atoms with E-state index >= 15 is 0 Å². The van der Waals surface area contributed by atoms with Crippen LogP contribution in [0.25, 0.3) is 0 Å². The summed E-state index contributed by atoms with van der Waals surface area (Å²) < 4.78 is 0. The highest BCUT2D eigenvalue weighted by atomic mass is 35.5. The summed E-state index contributed by atoms with van der Waals surface area (Å²) in [5.74, 6) is 0. The number of anilines is 1. The third-order valence-corrected chi connectivity index (χ3v) is 4.81. The van der Waals surface area contributed by atoms with Crippen molar-refractivity contribution >= 4 is 17.3 Å². The molecular weight excluding hydrogens is 256 g/mol. The highest BCUT2D eigenvalue weighted by Gasteiger charge is 2.28. The minimum Gasteiger partial charge on any atom is -0.371 e. The number of benzene rings is 1. The smallest absolute Gasteiger partial charge is 0.0412 e. The Balaban J connectivity index is 2.15. The van der Waals surface area contributed by atoms with Gasteiger partial charge in [-0.1, -0.05) is 31.9 Å². The molecule has 0 unspecified atom stereocenters. The number of piperidine rings is 1. The first kappa shape index (κ1) is 14.7. The van der Waals surface area contributed by atoms with Gasteiger partial charge in [0.2, 0.25) is 0 Å². The SMILES string of the molecule is CCC1(C)CCN(c2ccc(Cl)cc2CNC)CC1. The quantitative estimate of drug-likeness (QED) is 0.894. The predicted octanol–water partition coefficient (Wildman–Crippen LogP) is 4.08. The van der Waals surface area contributed by atoms with Crippen molar-refractivity contribution in [3.05, 3.63) is 28.8 Å². The maximum absolute atomic E-state index is 6.11. The second kappa shape index (κ2) is 6.15. The number of halogens is 1. The molecule has 1 aromatic carbocycles. The molecule has 1 N–H and O–H groups in total. The van der Waals surface area contributed by atoms with E-state index in [1.54, 1.807) is 0 Å². The molecule has 0 aromatic heterocycles. The zero-order valence-corrected chi connectivity index (χ0v) is 13.1. The first-order valence-electron chi connectivity index (χ1n) is 7.26. The molecule has 1 fully saturated rings. The predicted molar refractivity (Wildman–Crippen MR) is 84.1 cm³/mol. The Bertz CT molecular complexity index is 423. The third kappa shape index (κ3) is 3.43. The Morgan fingerprint density at radius 2 is 2.00 bits per heavy atom. The van der Waals surface area contributed by atoms with Gasteiger partial charge >= 0.3 is 0 Å². The fourth-order valence-electron chi connectivity index (χ4n) is 2.84. The van der Waals surface area contributed by atoms with Crippen LogP contribution in [0.4, 0.5) is 5.69 Å². The Labute approximate surface area is 122 Å². The number of rotatable bonds is 4. The highest BCUT2D eigenvalue weighted by molar-refractivity contribution is 6.30. The van der Waals surface area contributed by atoms with Crippen LogP contribution in [-0.4, -0.2) is 20.1 Å². The van der Waals surface area contributed by atoms with E-state index in [0.717, 1.165) is 24.7 Å². The molecule has 106 valence electrons. The Morgan fingerprint density at radius 3 is 2.58 bits per heavy atom. The Kier molecular flexibility index (Phi) is 4.75. The summed E-state index contributed by atoms with van der Waals surface area (Å²) in [6, 6.07) is 6.26. The van der Waals surface area contributed by atoms with Crippen molar-refractivity contribution in [2.75, 3.05) is 25.0 Å². The zero-order chi connectivity index (χ0) is 13.9. The second-order valence-corrected chi connectivity index (χ2v) is 6.39. The minimum absolute atomic E-state index is 0.534. The van der Waals surface area contributed by atoms with Gasteiger partial charge < -0.3 is 10.2 Å². The van der Waals surface area contributed by atoms with Crippen LogP contribution in [0.5, 0.6) is 0 Å². The average molecular weight is 281 g/mol. The molecule has 0 spiro atoms. The van der Waals surface area contributed by atoms with Crippen molar-refractivity contribution < 1.29 is 0 Å². The molecule has 1 aliphatic heterocycles. The molecule has 0 amide bonds. The van der Waals surface area contributed by atoms with E-state index < -0.39 is 0 Å². The maximum atomic E-state index is 6.11. The van der Waals surface area contributed by atoms with E-state index in [2.05, 4.69) is 36.2 Å². The van der Waals surface area contributed by atoms with E-state index in [0.29, 0.717) is 5.41 Å². The number of nitrogens with one attached hydrogen (secondary N) is 1. The lowest BCUT2D eigenvalue weighted by Crippen LogP contribution is -2.39. The monoisotopic (exact) mass is 280 g/mol. The summed E-state index contributed by atoms with van der Waals surface area (Å²) in [6.45, 7) is 7.91. The molecule has 0 atom stereocenters. The summed E-state index contributed by atoms with van der Waals surface area (Å²) in [6.07, 6.45) is 3.85. The molecule has 0 bridgehead atoms. The van der Waals surface area contributed by atoms with Crippen molar-refractivity contribution in [3.63, 3.8) is 0 Å². The fourth-order valence-corrected chi connectivity index (χ4v) is 3.03. The Hall–Kier alpha value is -0.730. The topological polar surface area (TPSA) is 15.3 Å². The summed E-state index contributed by atoms with van der Waals surface area (Å²) >= 11 is 6.11. The van der Waals surface area contributed by atoms with Crippen LogP contribution < -0.4 is 10.2 Å². The van der Waals surface area contributed by atoms with Gasteiger partial charge in [0.05, 0.1) is 0 Å². The lowest BCUT2D eigenvalue weighted by molar-refractivity contribution is 0.238. The minimum atomic E-state index is 0.534. The van der Waals surface area contributed by atoms with Crippen molar-refractivity contribution in [1.82, 2.24) is 5.32 Å². The molecule has 1 saturated heterocycles. The van der Waals surface area contributed by atoms with Crippen LogP contribution in [0.2, 0.25) is 5.02 Å². The summed E-state index contributed by atoms with van der Waals surface area (Å²) in [5.41, 5.74) is 3.18. The summed E-state index contributed by atoms with van der Waals surface area (Å²) in [7, 11) is 1.98.